The van der Waals surface area contributed by atoms with Crippen LogP contribution in [0.1, 0.15) is 47.2 Å². The van der Waals surface area contributed by atoms with Crippen molar-refractivity contribution in [2.45, 2.75) is 58.2 Å². The van der Waals surface area contributed by atoms with Crippen molar-refractivity contribution in [2.75, 3.05) is 13.7 Å². The van der Waals surface area contributed by atoms with Crippen LogP contribution in [-0.4, -0.2) is 60.8 Å². The van der Waals surface area contributed by atoms with Gasteiger partial charge in [0.25, 0.3) is 5.91 Å². The number of ether oxygens (including phenoxy) is 1. The number of phenols is 1. The molecular formula is C35H38N6O3. The van der Waals surface area contributed by atoms with Gasteiger partial charge in [0, 0.05) is 48.7 Å². The number of hydrogen-bond acceptors (Lipinski definition) is 6. The summed E-state index contributed by atoms with van der Waals surface area (Å²) in [6.45, 7) is 5.61. The van der Waals surface area contributed by atoms with E-state index < -0.39 is 0 Å². The maximum atomic E-state index is 13.7. The summed E-state index contributed by atoms with van der Waals surface area (Å²) in [5, 5.41) is 11.2. The molecule has 226 valence electrons. The minimum Gasteiger partial charge on any atom is -0.508 e. The SMILES string of the molecule is COc1cc(C(=O)N2CC3CCC2[C@@H]3N)cc2nc(-c3cc4ccc(-c5c(C)cc(O)cc5C)nc4n3CC3CC3)n(C)c12. The molecule has 3 aliphatic rings. The predicted octanol–water partition coefficient (Wildman–Crippen LogP) is 5.56. The molecule has 5 aromatic rings. The second-order valence-corrected chi connectivity index (χ2v) is 13.1. The number of aromatic nitrogens is 4. The Morgan fingerprint density at radius 3 is 2.48 bits per heavy atom. The number of aromatic hydroxyl groups is 1. The Hall–Kier alpha value is -4.37. The van der Waals surface area contributed by atoms with Crippen LogP contribution in [0.4, 0.5) is 0 Å². The molecule has 2 unspecified atom stereocenters. The number of carbonyl (C=O) groups is 1. The maximum absolute atomic E-state index is 13.7. The van der Waals surface area contributed by atoms with Gasteiger partial charge >= 0.3 is 0 Å². The third-order valence-electron chi connectivity index (χ3n) is 10.2. The number of pyridine rings is 1. The first-order valence-corrected chi connectivity index (χ1v) is 15.6. The zero-order valence-corrected chi connectivity index (χ0v) is 25.7. The van der Waals surface area contributed by atoms with Gasteiger partial charge in [-0.05, 0) is 105 Å². The van der Waals surface area contributed by atoms with Crippen molar-refractivity contribution >= 4 is 28.0 Å². The van der Waals surface area contributed by atoms with Crippen molar-refractivity contribution in [3.8, 4) is 34.3 Å². The quantitative estimate of drug-likeness (QED) is 0.268. The van der Waals surface area contributed by atoms with Crippen LogP contribution in [0.25, 0.3) is 44.8 Å². The van der Waals surface area contributed by atoms with Crippen LogP contribution in [0.2, 0.25) is 0 Å². The normalized spacial score (nSPS) is 21.2. The fraction of sp³-hybridized carbons (Fsp3) is 0.400. The minimum atomic E-state index is -0.000512. The average molecular weight is 591 g/mol. The van der Waals surface area contributed by atoms with Crippen LogP contribution >= 0.6 is 0 Å². The van der Waals surface area contributed by atoms with Gasteiger partial charge in [0.2, 0.25) is 0 Å². The van der Waals surface area contributed by atoms with Crippen LogP contribution in [0.3, 0.4) is 0 Å². The predicted molar refractivity (Wildman–Crippen MR) is 171 cm³/mol. The van der Waals surface area contributed by atoms with Crippen molar-refractivity contribution in [1.82, 2.24) is 24.0 Å². The Bertz CT molecular complexity index is 1960. The van der Waals surface area contributed by atoms with Crippen molar-refractivity contribution in [3.05, 3.63) is 59.2 Å². The van der Waals surface area contributed by atoms with E-state index in [4.69, 9.17) is 20.4 Å². The highest BCUT2D eigenvalue weighted by Gasteiger charge is 2.47. The number of likely N-dealkylation sites (tertiary alicyclic amines) is 1. The molecule has 9 nitrogen and oxygen atoms in total. The number of fused-ring (bicyclic) bond motifs is 4. The fourth-order valence-corrected chi connectivity index (χ4v) is 7.81. The number of nitrogens with two attached hydrogens (primary N) is 1. The summed E-state index contributed by atoms with van der Waals surface area (Å²) < 4.78 is 10.2. The van der Waals surface area contributed by atoms with Gasteiger partial charge in [-0.3, -0.25) is 4.79 Å². The van der Waals surface area contributed by atoms with Crippen LogP contribution in [0, 0.1) is 25.7 Å². The summed E-state index contributed by atoms with van der Waals surface area (Å²) in [6, 6.07) is 13.9. The summed E-state index contributed by atoms with van der Waals surface area (Å²) in [4.78, 5) is 26.0. The van der Waals surface area contributed by atoms with E-state index >= 15 is 0 Å². The molecule has 0 radical (unpaired) electrons. The second-order valence-electron chi connectivity index (χ2n) is 13.1. The topological polar surface area (TPSA) is 111 Å². The van der Waals surface area contributed by atoms with Crippen molar-refractivity contribution < 1.29 is 14.6 Å². The van der Waals surface area contributed by atoms with Gasteiger partial charge in [0.05, 0.1) is 24.0 Å². The molecule has 2 aliphatic carbocycles. The van der Waals surface area contributed by atoms with Gasteiger partial charge in [-0.2, -0.15) is 0 Å². The van der Waals surface area contributed by atoms with E-state index in [2.05, 4.69) is 27.3 Å². The number of benzene rings is 2. The van der Waals surface area contributed by atoms with Crippen molar-refractivity contribution in [3.63, 3.8) is 0 Å². The Kier molecular flexibility index (Phi) is 6.07. The Balaban J connectivity index is 1.25. The Morgan fingerprint density at radius 1 is 1.05 bits per heavy atom. The molecule has 3 N–H and O–H groups in total. The van der Waals surface area contributed by atoms with E-state index in [1.807, 2.05) is 37.9 Å². The zero-order valence-electron chi connectivity index (χ0n) is 25.7. The molecule has 2 saturated carbocycles. The van der Waals surface area contributed by atoms with Gasteiger partial charge in [-0.25, -0.2) is 9.97 Å². The minimum absolute atomic E-state index is 0.000512. The highest BCUT2D eigenvalue weighted by molar-refractivity contribution is 6.00. The van der Waals surface area contributed by atoms with E-state index in [9.17, 15) is 9.90 Å². The number of rotatable bonds is 6. The smallest absolute Gasteiger partial charge is 0.254 e. The molecule has 3 fully saturated rings. The van der Waals surface area contributed by atoms with Crippen molar-refractivity contribution in [1.29, 1.82) is 0 Å². The van der Waals surface area contributed by atoms with E-state index in [1.165, 1.54) is 12.8 Å². The van der Waals surface area contributed by atoms with Crippen LogP contribution < -0.4 is 10.5 Å². The summed E-state index contributed by atoms with van der Waals surface area (Å²) in [6.07, 6.45) is 4.48. The van der Waals surface area contributed by atoms with Crippen LogP contribution in [-0.2, 0) is 13.6 Å². The average Bonchev–Trinajstić information content (AvgIpc) is 3.40. The lowest BCUT2D eigenvalue weighted by atomic mass is 9.99. The molecule has 4 heterocycles. The van der Waals surface area contributed by atoms with Gasteiger partial charge in [-0.15, -0.1) is 0 Å². The molecule has 44 heavy (non-hydrogen) atoms. The summed E-state index contributed by atoms with van der Waals surface area (Å²) in [5.41, 5.74) is 14.4. The zero-order chi connectivity index (χ0) is 30.4. The number of nitrogens with zero attached hydrogens (tertiary/aromatic N) is 5. The van der Waals surface area contributed by atoms with E-state index in [1.54, 1.807) is 19.2 Å². The lowest BCUT2D eigenvalue weighted by molar-refractivity contribution is 0.0700. The van der Waals surface area contributed by atoms with Gasteiger partial charge in [0.15, 0.2) is 5.82 Å². The summed E-state index contributed by atoms with van der Waals surface area (Å²) in [5.74, 6) is 2.71. The molecule has 1 saturated heterocycles. The molecule has 9 heteroatoms. The first-order chi connectivity index (χ1) is 21.2. The largest absolute Gasteiger partial charge is 0.508 e. The van der Waals surface area contributed by atoms with Gasteiger partial charge < -0.3 is 29.6 Å². The third-order valence-corrected chi connectivity index (χ3v) is 10.2. The number of imidazole rings is 1. The number of hydrogen-bond donors (Lipinski definition) is 2. The molecule has 1 aliphatic heterocycles. The second kappa shape index (κ2) is 9.82. The van der Waals surface area contributed by atoms with E-state index in [-0.39, 0.29) is 23.7 Å². The van der Waals surface area contributed by atoms with Gasteiger partial charge in [-0.1, -0.05) is 0 Å². The first-order valence-electron chi connectivity index (χ1n) is 15.6. The first kappa shape index (κ1) is 27.2. The summed E-state index contributed by atoms with van der Waals surface area (Å²) in [7, 11) is 3.65. The molecular weight excluding hydrogens is 552 g/mol. The standard InChI is InChI=1S/C35H38N6O3/c1-18-11-24(42)12-19(2)30(18)25-9-7-21-14-28(40(33(21)37-25)16-20-5-6-20)34-38-26-13-23(15-29(44-4)32(26)39(34)3)35(43)41-17-22-8-10-27(41)31(22)36/h7,9,11-15,20,22,27,31,42H,5-6,8,10,16-17,36H2,1-4H3/t22?,27?,31-/m1/s1. The van der Waals surface area contributed by atoms with E-state index in [0.717, 1.165) is 81.9 Å². The number of piperidine rings is 1. The number of amides is 1. The summed E-state index contributed by atoms with van der Waals surface area (Å²) >= 11 is 0. The number of aryl methyl sites for hydroxylation is 3. The van der Waals surface area contributed by atoms with Crippen LogP contribution in [0.5, 0.6) is 11.5 Å². The lowest BCUT2D eigenvalue weighted by Gasteiger charge is -2.27. The molecule has 1 amide bonds. The number of phenolic OH excluding ortho intramolecular Hbond substituents is 1. The van der Waals surface area contributed by atoms with E-state index in [0.29, 0.717) is 23.1 Å². The number of carbonyl (C=O) groups excluding carboxylic acids is 1. The molecule has 8 rings (SSSR count). The van der Waals surface area contributed by atoms with Crippen LogP contribution in [0.15, 0.2) is 42.5 Å². The molecule has 0 spiro atoms. The third kappa shape index (κ3) is 4.13. The highest BCUT2D eigenvalue weighted by atomic mass is 16.5. The maximum Gasteiger partial charge on any atom is 0.254 e. The lowest BCUT2D eigenvalue weighted by Crippen LogP contribution is -2.41. The highest BCUT2D eigenvalue weighted by Crippen LogP contribution is 2.41. The Labute approximate surface area is 256 Å². The number of methoxy groups -OCH3 is 1. The molecule has 3 aromatic heterocycles. The molecule has 2 aromatic carbocycles. The molecule has 3 atom stereocenters. The molecule has 2 bridgehead atoms. The van der Waals surface area contributed by atoms with Crippen molar-refractivity contribution in [2.24, 2.45) is 24.6 Å². The monoisotopic (exact) mass is 590 g/mol. The Morgan fingerprint density at radius 2 is 1.82 bits per heavy atom. The fourth-order valence-electron chi connectivity index (χ4n) is 7.81. The van der Waals surface area contributed by atoms with Gasteiger partial charge in [0.1, 0.15) is 22.7 Å².